The van der Waals surface area contributed by atoms with E-state index in [1.165, 1.54) is 7.11 Å². The second-order valence-electron chi connectivity index (χ2n) is 4.57. The van der Waals surface area contributed by atoms with Crippen molar-refractivity contribution in [3.8, 4) is 0 Å². The highest BCUT2D eigenvalue weighted by Gasteiger charge is 2.34. The number of benzene rings is 1. The van der Waals surface area contributed by atoms with Gasteiger partial charge in [-0.15, -0.1) is 11.6 Å². The fourth-order valence-electron chi connectivity index (χ4n) is 2.24. The van der Waals surface area contributed by atoms with Gasteiger partial charge in [-0.1, -0.05) is 30.3 Å². The van der Waals surface area contributed by atoms with Crippen LogP contribution < -0.4 is 0 Å². The molecule has 1 heterocycles. The number of carbonyl (C=O) groups is 2. The number of methoxy groups -OCH3 is 1. The monoisotopic (exact) mass is 281 g/mol. The van der Waals surface area contributed by atoms with Crippen LogP contribution in [0.25, 0.3) is 0 Å². The van der Waals surface area contributed by atoms with Crippen LogP contribution in [0.1, 0.15) is 17.4 Å². The van der Waals surface area contributed by atoms with Crippen LogP contribution in [-0.4, -0.2) is 37.0 Å². The summed E-state index contributed by atoms with van der Waals surface area (Å²) < 4.78 is 4.70. The smallest absolute Gasteiger partial charge is 0.310 e. The zero-order valence-corrected chi connectivity index (χ0v) is 11.5. The van der Waals surface area contributed by atoms with E-state index in [2.05, 4.69) is 0 Å². The summed E-state index contributed by atoms with van der Waals surface area (Å²) in [6.45, 7) is 0.941. The Morgan fingerprint density at radius 2 is 2.05 bits per heavy atom. The molecule has 19 heavy (non-hydrogen) atoms. The van der Waals surface area contributed by atoms with Crippen molar-refractivity contribution in [3.63, 3.8) is 0 Å². The molecule has 0 aromatic heterocycles. The molecule has 2 atom stereocenters. The SMILES string of the molecule is COC(=O)C1CCN(C(=O)C(Cl)c2ccccc2)C1. The van der Waals surface area contributed by atoms with Crippen LogP contribution in [-0.2, 0) is 14.3 Å². The summed E-state index contributed by atoms with van der Waals surface area (Å²) in [7, 11) is 1.36. The lowest BCUT2D eigenvalue weighted by molar-refractivity contribution is -0.145. The van der Waals surface area contributed by atoms with Crippen LogP contribution in [0, 0.1) is 5.92 Å². The topological polar surface area (TPSA) is 46.6 Å². The van der Waals surface area contributed by atoms with E-state index in [-0.39, 0.29) is 17.8 Å². The number of esters is 1. The van der Waals surface area contributed by atoms with E-state index in [4.69, 9.17) is 16.3 Å². The van der Waals surface area contributed by atoms with Gasteiger partial charge in [0.2, 0.25) is 5.91 Å². The minimum atomic E-state index is -0.697. The number of nitrogens with zero attached hydrogens (tertiary/aromatic N) is 1. The minimum absolute atomic E-state index is 0.153. The molecular weight excluding hydrogens is 266 g/mol. The molecule has 0 aliphatic carbocycles. The zero-order valence-electron chi connectivity index (χ0n) is 10.7. The number of amides is 1. The highest BCUT2D eigenvalue weighted by atomic mass is 35.5. The molecule has 1 aliphatic heterocycles. The van der Waals surface area contributed by atoms with Gasteiger partial charge in [0, 0.05) is 13.1 Å². The molecule has 1 aliphatic rings. The second-order valence-corrected chi connectivity index (χ2v) is 5.00. The van der Waals surface area contributed by atoms with Gasteiger partial charge < -0.3 is 9.64 Å². The Morgan fingerprint density at radius 1 is 1.37 bits per heavy atom. The lowest BCUT2D eigenvalue weighted by Crippen LogP contribution is -2.32. The van der Waals surface area contributed by atoms with Crippen molar-refractivity contribution < 1.29 is 14.3 Å². The van der Waals surface area contributed by atoms with Gasteiger partial charge in [-0.2, -0.15) is 0 Å². The van der Waals surface area contributed by atoms with Gasteiger partial charge in [-0.05, 0) is 12.0 Å². The van der Waals surface area contributed by atoms with Gasteiger partial charge >= 0.3 is 5.97 Å². The first kappa shape index (κ1) is 13.9. The Morgan fingerprint density at radius 3 is 2.68 bits per heavy atom. The molecule has 2 unspecified atom stereocenters. The molecule has 5 heteroatoms. The number of hydrogen-bond acceptors (Lipinski definition) is 3. The maximum Gasteiger partial charge on any atom is 0.310 e. The molecule has 0 saturated carbocycles. The van der Waals surface area contributed by atoms with Crippen molar-refractivity contribution in [3.05, 3.63) is 35.9 Å². The molecule has 0 spiro atoms. The third-order valence-electron chi connectivity index (χ3n) is 3.34. The Kier molecular flexibility index (Phi) is 4.43. The summed E-state index contributed by atoms with van der Waals surface area (Å²) in [6, 6.07) is 9.21. The van der Waals surface area contributed by atoms with Crippen molar-refractivity contribution in [2.45, 2.75) is 11.8 Å². The molecule has 1 fully saturated rings. The molecule has 4 nitrogen and oxygen atoms in total. The summed E-state index contributed by atoms with van der Waals surface area (Å²) in [5.41, 5.74) is 0.774. The fraction of sp³-hybridized carbons (Fsp3) is 0.429. The molecule has 1 aromatic rings. The van der Waals surface area contributed by atoms with Gasteiger partial charge in [0.25, 0.3) is 0 Å². The molecule has 0 radical (unpaired) electrons. The summed E-state index contributed by atoms with van der Waals surface area (Å²) >= 11 is 6.19. The van der Waals surface area contributed by atoms with Gasteiger partial charge in [-0.3, -0.25) is 9.59 Å². The van der Waals surface area contributed by atoms with Gasteiger partial charge in [0.1, 0.15) is 5.38 Å². The number of rotatable bonds is 3. The van der Waals surface area contributed by atoms with E-state index < -0.39 is 5.38 Å². The maximum absolute atomic E-state index is 12.2. The lowest BCUT2D eigenvalue weighted by atomic mass is 10.1. The maximum atomic E-state index is 12.2. The lowest BCUT2D eigenvalue weighted by Gasteiger charge is -2.19. The number of carbonyl (C=O) groups excluding carboxylic acids is 2. The molecule has 0 bridgehead atoms. The fourth-order valence-corrected chi connectivity index (χ4v) is 2.53. The molecule has 1 saturated heterocycles. The predicted molar refractivity (Wildman–Crippen MR) is 71.7 cm³/mol. The van der Waals surface area contributed by atoms with Crippen molar-refractivity contribution in [2.75, 3.05) is 20.2 Å². The van der Waals surface area contributed by atoms with Crippen LogP contribution in [0.4, 0.5) is 0 Å². The molecule has 102 valence electrons. The first-order valence-electron chi connectivity index (χ1n) is 6.19. The highest BCUT2D eigenvalue weighted by molar-refractivity contribution is 6.30. The molecule has 1 aromatic carbocycles. The second kappa shape index (κ2) is 6.06. The predicted octanol–water partition coefficient (Wildman–Crippen LogP) is 1.99. The largest absolute Gasteiger partial charge is 0.469 e. The van der Waals surface area contributed by atoms with Gasteiger partial charge in [0.15, 0.2) is 0 Å². The number of hydrogen-bond donors (Lipinski definition) is 0. The van der Waals surface area contributed by atoms with E-state index >= 15 is 0 Å². The Labute approximate surface area is 117 Å². The van der Waals surface area contributed by atoms with Crippen LogP contribution in [0.3, 0.4) is 0 Å². The summed E-state index contributed by atoms with van der Waals surface area (Å²) in [4.78, 5) is 25.3. The number of ether oxygens (including phenoxy) is 1. The molecular formula is C14H16ClNO3. The van der Waals surface area contributed by atoms with Crippen molar-refractivity contribution >= 4 is 23.5 Å². The first-order valence-corrected chi connectivity index (χ1v) is 6.62. The van der Waals surface area contributed by atoms with Crippen LogP contribution in [0.15, 0.2) is 30.3 Å². The van der Waals surface area contributed by atoms with E-state index in [1.54, 1.807) is 4.90 Å². The van der Waals surface area contributed by atoms with Crippen LogP contribution in [0.5, 0.6) is 0 Å². The average Bonchev–Trinajstić information content (AvgIpc) is 2.95. The molecule has 0 N–H and O–H groups in total. The molecule has 2 rings (SSSR count). The standard InChI is InChI=1S/C14H16ClNO3/c1-19-14(18)11-7-8-16(9-11)13(17)12(15)10-5-3-2-4-6-10/h2-6,11-12H,7-9H2,1H3. The summed E-state index contributed by atoms with van der Waals surface area (Å²) in [6.07, 6.45) is 0.636. The highest BCUT2D eigenvalue weighted by Crippen LogP contribution is 2.26. The van der Waals surface area contributed by atoms with Gasteiger partial charge in [0.05, 0.1) is 13.0 Å². The number of likely N-dealkylation sites (tertiary alicyclic amines) is 1. The van der Waals surface area contributed by atoms with E-state index in [1.807, 2.05) is 30.3 Å². The number of halogens is 1. The average molecular weight is 282 g/mol. The zero-order chi connectivity index (χ0) is 13.8. The van der Waals surface area contributed by atoms with Crippen molar-refractivity contribution in [1.82, 2.24) is 4.90 Å². The summed E-state index contributed by atoms with van der Waals surface area (Å²) in [5.74, 6) is -0.644. The normalized spacial score (nSPS) is 20.1. The van der Waals surface area contributed by atoms with Crippen LogP contribution >= 0.6 is 11.6 Å². The Balaban J connectivity index is 2.00. The quantitative estimate of drug-likeness (QED) is 0.629. The van der Waals surface area contributed by atoms with E-state index in [9.17, 15) is 9.59 Å². The third-order valence-corrected chi connectivity index (χ3v) is 3.78. The van der Waals surface area contributed by atoms with Crippen LogP contribution in [0.2, 0.25) is 0 Å². The van der Waals surface area contributed by atoms with Crippen molar-refractivity contribution in [1.29, 1.82) is 0 Å². The number of alkyl halides is 1. The van der Waals surface area contributed by atoms with Crippen molar-refractivity contribution in [2.24, 2.45) is 5.92 Å². The molecule has 1 amide bonds. The van der Waals surface area contributed by atoms with E-state index in [0.717, 1.165) is 5.56 Å². The first-order chi connectivity index (χ1) is 9.13. The van der Waals surface area contributed by atoms with E-state index in [0.29, 0.717) is 19.5 Å². The van der Waals surface area contributed by atoms with Gasteiger partial charge in [-0.25, -0.2) is 0 Å². The Bertz CT molecular complexity index is 463. The summed E-state index contributed by atoms with van der Waals surface area (Å²) in [5, 5.41) is -0.697. The Hall–Kier alpha value is -1.55. The third kappa shape index (κ3) is 3.07. The minimum Gasteiger partial charge on any atom is -0.469 e.